The summed E-state index contributed by atoms with van der Waals surface area (Å²) in [6, 6.07) is 0.335. The predicted molar refractivity (Wildman–Crippen MR) is 76.7 cm³/mol. The van der Waals surface area contributed by atoms with Crippen molar-refractivity contribution in [1.29, 1.82) is 0 Å². The van der Waals surface area contributed by atoms with E-state index in [1.807, 2.05) is 14.1 Å². The second-order valence-electron chi connectivity index (χ2n) is 8.04. The highest BCUT2D eigenvalue weighted by molar-refractivity contribution is 5.04. The molecule has 0 aromatic carbocycles. The topological polar surface area (TPSA) is 6.48 Å². The van der Waals surface area contributed by atoms with E-state index in [-0.39, 0.29) is 17.0 Å². The van der Waals surface area contributed by atoms with Crippen LogP contribution in [0.25, 0.3) is 0 Å². The highest BCUT2D eigenvalue weighted by atomic mass is 19.1. The number of nitrogens with zero attached hydrogens (tertiary/aromatic N) is 2. The molecule has 0 bridgehead atoms. The fourth-order valence-electron chi connectivity index (χ4n) is 3.20. The van der Waals surface area contributed by atoms with E-state index < -0.39 is 6.17 Å². The number of likely N-dealkylation sites (N-methyl/N-ethyl adjacent to an activating group) is 1. The number of hydrogen-bond donors (Lipinski definition) is 0. The lowest BCUT2D eigenvalue weighted by Gasteiger charge is -2.46. The van der Waals surface area contributed by atoms with Crippen LogP contribution in [0.4, 0.5) is 4.39 Å². The van der Waals surface area contributed by atoms with E-state index in [0.717, 1.165) is 6.54 Å². The molecule has 1 aliphatic rings. The Morgan fingerprint density at radius 3 is 1.94 bits per heavy atom. The molecule has 1 rings (SSSR count). The second-order valence-corrected chi connectivity index (χ2v) is 8.04. The van der Waals surface area contributed by atoms with Gasteiger partial charge in [0.05, 0.1) is 6.04 Å². The van der Waals surface area contributed by atoms with E-state index in [0.29, 0.717) is 12.5 Å². The maximum absolute atomic E-state index is 14.4. The van der Waals surface area contributed by atoms with Crippen molar-refractivity contribution in [3.63, 3.8) is 0 Å². The van der Waals surface area contributed by atoms with Crippen LogP contribution < -0.4 is 0 Å². The maximum atomic E-state index is 14.4. The summed E-state index contributed by atoms with van der Waals surface area (Å²) in [5.74, 6) is 0. The van der Waals surface area contributed by atoms with Gasteiger partial charge in [0.1, 0.15) is 6.17 Å². The molecule has 0 unspecified atom stereocenters. The van der Waals surface area contributed by atoms with Gasteiger partial charge in [0.25, 0.3) is 0 Å². The van der Waals surface area contributed by atoms with E-state index in [4.69, 9.17) is 0 Å². The third-order valence-electron chi connectivity index (χ3n) is 3.89. The Bertz CT molecular complexity index is 275. The molecule has 2 nitrogen and oxygen atoms in total. The van der Waals surface area contributed by atoms with Crippen molar-refractivity contribution in [3.8, 4) is 0 Å². The predicted octanol–water partition coefficient (Wildman–Crippen LogP) is 3.17. The maximum Gasteiger partial charge on any atom is 0.118 e. The number of halogens is 1. The normalized spacial score (nSPS) is 31.3. The molecule has 1 aliphatic heterocycles. The lowest BCUT2D eigenvalue weighted by Crippen LogP contribution is -2.56. The SMILES string of the molecule is CN(C)C[C@H]1[C@H](F)C[C@@H](C(C)(C)C)N1C(C)(C)C. The smallest absolute Gasteiger partial charge is 0.118 e. The first-order valence-corrected chi connectivity index (χ1v) is 7.02. The van der Waals surface area contributed by atoms with Crippen molar-refractivity contribution in [2.24, 2.45) is 5.41 Å². The zero-order valence-corrected chi connectivity index (χ0v) is 13.4. The zero-order chi connectivity index (χ0) is 14.3. The standard InChI is InChI=1S/C15H31FN2/c1-14(2,3)13-9-11(16)12(10-17(7)8)18(13)15(4,5)6/h11-13H,9-10H2,1-8H3/t11-,12+,13+/m1/s1. The molecule has 0 saturated carbocycles. The second kappa shape index (κ2) is 5.09. The molecule has 0 aromatic rings. The lowest BCUT2D eigenvalue weighted by molar-refractivity contribution is 0.0113. The van der Waals surface area contributed by atoms with Crippen molar-refractivity contribution in [3.05, 3.63) is 0 Å². The monoisotopic (exact) mass is 258 g/mol. The molecule has 108 valence electrons. The van der Waals surface area contributed by atoms with Crippen LogP contribution >= 0.6 is 0 Å². The van der Waals surface area contributed by atoms with Crippen LogP contribution in [0.15, 0.2) is 0 Å². The number of rotatable bonds is 2. The summed E-state index contributed by atoms with van der Waals surface area (Å²) in [5.41, 5.74) is 0.137. The Morgan fingerprint density at radius 1 is 1.11 bits per heavy atom. The molecule has 3 atom stereocenters. The third-order valence-corrected chi connectivity index (χ3v) is 3.89. The molecule has 18 heavy (non-hydrogen) atoms. The highest BCUT2D eigenvalue weighted by Crippen LogP contribution is 2.41. The molecule has 1 heterocycles. The third kappa shape index (κ3) is 3.45. The minimum atomic E-state index is -0.712. The van der Waals surface area contributed by atoms with E-state index in [2.05, 4.69) is 51.3 Å². The van der Waals surface area contributed by atoms with Crippen LogP contribution in [0, 0.1) is 5.41 Å². The van der Waals surface area contributed by atoms with Crippen LogP contribution in [0.5, 0.6) is 0 Å². The van der Waals surface area contributed by atoms with Crippen molar-refractivity contribution < 1.29 is 4.39 Å². The highest BCUT2D eigenvalue weighted by Gasteiger charge is 2.49. The fraction of sp³-hybridized carbons (Fsp3) is 1.00. The average Bonchev–Trinajstić information content (AvgIpc) is 2.41. The van der Waals surface area contributed by atoms with Gasteiger partial charge in [0.2, 0.25) is 0 Å². The van der Waals surface area contributed by atoms with Crippen molar-refractivity contribution >= 4 is 0 Å². The Kier molecular flexibility index (Phi) is 4.49. The van der Waals surface area contributed by atoms with Gasteiger partial charge in [-0.15, -0.1) is 0 Å². The first kappa shape index (κ1) is 15.9. The molecule has 1 saturated heterocycles. The first-order chi connectivity index (χ1) is 7.94. The van der Waals surface area contributed by atoms with Gasteiger partial charge in [-0.05, 0) is 46.7 Å². The van der Waals surface area contributed by atoms with Crippen LogP contribution in [-0.2, 0) is 0 Å². The summed E-state index contributed by atoms with van der Waals surface area (Å²) in [5, 5.41) is 0. The molecule has 0 aromatic heterocycles. The van der Waals surface area contributed by atoms with Crippen molar-refractivity contribution in [1.82, 2.24) is 9.80 Å². The quantitative estimate of drug-likeness (QED) is 0.750. The molecular weight excluding hydrogens is 227 g/mol. The summed E-state index contributed by atoms with van der Waals surface area (Å²) in [6.45, 7) is 14.1. The van der Waals surface area contributed by atoms with Gasteiger partial charge in [-0.2, -0.15) is 0 Å². The van der Waals surface area contributed by atoms with Gasteiger partial charge in [0.15, 0.2) is 0 Å². The van der Waals surface area contributed by atoms with Crippen LogP contribution in [0.2, 0.25) is 0 Å². The van der Waals surface area contributed by atoms with Crippen molar-refractivity contribution in [2.75, 3.05) is 20.6 Å². The Balaban J connectivity index is 3.04. The molecule has 0 spiro atoms. The van der Waals surface area contributed by atoms with Crippen LogP contribution in [0.3, 0.4) is 0 Å². The minimum absolute atomic E-state index is 0.0134. The van der Waals surface area contributed by atoms with Crippen molar-refractivity contribution in [2.45, 2.75) is 71.8 Å². The average molecular weight is 258 g/mol. The van der Waals surface area contributed by atoms with Crippen LogP contribution in [-0.4, -0.2) is 54.2 Å². The van der Waals surface area contributed by atoms with Crippen LogP contribution in [0.1, 0.15) is 48.0 Å². The van der Waals surface area contributed by atoms with E-state index in [1.165, 1.54) is 0 Å². The van der Waals surface area contributed by atoms with Gasteiger partial charge >= 0.3 is 0 Å². The number of alkyl halides is 1. The Hall–Kier alpha value is -0.150. The van der Waals surface area contributed by atoms with Gasteiger partial charge in [0, 0.05) is 18.1 Å². The molecule has 0 radical (unpaired) electrons. The summed E-state index contributed by atoms with van der Waals surface area (Å²) in [6.07, 6.45) is -0.0462. The zero-order valence-electron chi connectivity index (χ0n) is 13.4. The largest absolute Gasteiger partial charge is 0.308 e. The van der Waals surface area contributed by atoms with E-state index >= 15 is 0 Å². The van der Waals surface area contributed by atoms with Gasteiger partial charge in [-0.3, -0.25) is 4.90 Å². The molecule has 3 heteroatoms. The van der Waals surface area contributed by atoms with E-state index in [9.17, 15) is 4.39 Å². The molecular formula is C15H31FN2. The lowest BCUT2D eigenvalue weighted by atomic mass is 9.83. The number of hydrogen-bond acceptors (Lipinski definition) is 2. The first-order valence-electron chi connectivity index (χ1n) is 7.02. The molecule has 1 fully saturated rings. The Labute approximate surface area is 113 Å². The van der Waals surface area contributed by atoms with Gasteiger partial charge in [-0.25, -0.2) is 4.39 Å². The van der Waals surface area contributed by atoms with Gasteiger partial charge < -0.3 is 4.90 Å². The molecule has 0 N–H and O–H groups in total. The van der Waals surface area contributed by atoms with Gasteiger partial charge in [-0.1, -0.05) is 20.8 Å². The summed E-state index contributed by atoms with van der Waals surface area (Å²) in [7, 11) is 4.05. The number of likely N-dealkylation sites (tertiary alicyclic amines) is 1. The van der Waals surface area contributed by atoms with E-state index in [1.54, 1.807) is 0 Å². The summed E-state index contributed by atoms with van der Waals surface area (Å²) >= 11 is 0. The summed E-state index contributed by atoms with van der Waals surface area (Å²) < 4.78 is 14.4. The molecule has 0 amide bonds. The summed E-state index contributed by atoms with van der Waals surface area (Å²) in [4.78, 5) is 4.51. The Morgan fingerprint density at radius 2 is 1.61 bits per heavy atom. The fourth-order valence-corrected chi connectivity index (χ4v) is 3.20. The minimum Gasteiger partial charge on any atom is -0.308 e. The molecule has 0 aliphatic carbocycles.